The Balaban J connectivity index is 1.81. The van der Waals surface area contributed by atoms with Gasteiger partial charge in [-0.25, -0.2) is 0 Å². The molecule has 0 aromatic rings. The summed E-state index contributed by atoms with van der Waals surface area (Å²) in [5.41, 5.74) is 0. The lowest BCUT2D eigenvalue weighted by molar-refractivity contribution is -0.147. The summed E-state index contributed by atoms with van der Waals surface area (Å²) in [6.45, 7) is 3.38. The van der Waals surface area contributed by atoms with Gasteiger partial charge in [-0.3, -0.25) is 4.79 Å². The van der Waals surface area contributed by atoms with Crippen LogP contribution in [-0.4, -0.2) is 35.1 Å². The fourth-order valence-corrected chi connectivity index (χ4v) is 2.40. The number of hydrogen-bond acceptors (Lipinski definition) is 2. The maximum Gasteiger partial charge on any atom is 0.225 e. The van der Waals surface area contributed by atoms with E-state index in [-0.39, 0.29) is 17.9 Å². The highest BCUT2D eigenvalue weighted by Gasteiger charge is 2.34. The number of nitrogens with zero attached hydrogens (tertiary/aromatic N) is 1. The normalized spacial score (nSPS) is 34.0. The molecule has 1 amide bonds. The molecule has 1 N–H and O–H groups in total. The summed E-state index contributed by atoms with van der Waals surface area (Å²) in [6, 6.07) is 0. The average molecular weight is 197 g/mol. The van der Waals surface area contributed by atoms with Crippen molar-refractivity contribution in [2.75, 3.05) is 13.1 Å². The molecule has 0 bridgehead atoms. The largest absolute Gasteiger partial charge is 0.389 e. The Kier molecular flexibility index (Phi) is 2.77. The van der Waals surface area contributed by atoms with Gasteiger partial charge in [0.05, 0.1) is 6.10 Å². The van der Waals surface area contributed by atoms with E-state index in [9.17, 15) is 4.79 Å². The number of carbonyl (C=O) groups is 1. The summed E-state index contributed by atoms with van der Waals surface area (Å²) in [5, 5.41) is 9.11. The summed E-state index contributed by atoms with van der Waals surface area (Å²) in [4.78, 5) is 13.6. The van der Waals surface area contributed by atoms with Crippen LogP contribution in [0.2, 0.25) is 0 Å². The molecule has 0 radical (unpaired) electrons. The fraction of sp³-hybridized carbons (Fsp3) is 0.909. The number of aliphatic hydroxyl groups excluding tert-OH is 1. The minimum absolute atomic E-state index is 0.249. The molecule has 3 nitrogen and oxygen atoms in total. The van der Waals surface area contributed by atoms with Crippen LogP contribution in [0.3, 0.4) is 0 Å². The number of hydrogen-bond donors (Lipinski definition) is 1. The molecule has 0 aromatic heterocycles. The molecule has 1 heterocycles. The van der Waals surface area contributed by atoms with E-state index in [1.165, 1.54) is 12.8 Å². The van der Waals surface area contributed by atoms with Crippen LogP contribution in [0.1, 0.15) is 32.6 Å². The lowest BCUT2D eigenvalue weighted by atomic mass is 9.82. The molecule has 0 aromatic carbocycles. The Morgan fingerprint density at radius 2 is 1.79 bits per heavy atom. The molecule has 1 aliphatic heterocycles. The van der Waals surface area contributed by atoms with Crippen LogP contribution < -0.4 is 0 Å². The highest BCUT2D eigenvalue weighted by molar-refractivity contribution is 5.79. The van der Waals surface area contributed by atoms with E-state index in [1.807, 2.05) is 0 Å². The quantitative estimate of drug-likeness (QED) is 0.681. The zero-order chi connectivity index (χ0) is 10.1. The molecule has 1 aliphatic carbocycles. The highest BCUT2D eigenvalue weighted by Crippen LogP contribution is 2.30. The summed E-state index contributed by atoms with van der Waals surface area (Å²) < 4.78 is 0. The first-order valence-corrected chi connectivity index (χ1v) is 5.63. The van der Waals surface area contributed by atoms with Crippen molar-refractivity contribution in [2.24, 2.45) is 11.8 Å². The van der Waals surface area contributed by atoms with E-state index in [0.29, 0.717) is 13.1 Å². The van der Waals surface area contributed by atoms with Gasteiger partial charge in [-0.1, -0.05) is 6.92 Å². The Morgan fingerprint density at radius 1 is 1.21 bits per heavy atom. The van der Waals surface area contributed by atoms with E-state index in [2.05, 4.69) is 6.92 Å². The summed E-state index contributed by atoms with van der Waals surface area (Å²) >= 11 is 0. The first-order chi connectivity index (χ1) is 6.66. The van der Waals surface area contributed by atoms with E-state index < -0.39 is 0 Å². The molecule has 14 heavy (non-hydrogen) atoms. The van der Waals surface area contributed by atoms with Crippen molar-refractivity contribution in [2.45, 2.75) is 38.7 Å². The molecular weight excluding hydrogens is 178 g/mol. The van der Waals surface area contributed by atoms with E-state index >= 15 is 0 Å². The third-order valence-electron chi connectivity index (χ3n) is 3.54. The number of aliphatic hydroxyl groups is 1. The van der Waals surface area contributed by atoms with Gasteiger partial charge in [0.15, 0.2) is 0 Å². The molecule has 2 aliphatic rings. The first-order valence-electron chi connectivity index (χ1n) is 5.63. The minimum Gasteiger partial charge on any atom is -0.389 e. The number of likely N-dealkylation sites (tertiary alicyclic amines) is 1. The average Bonchev–Trinajstić information content (AvgIpc) is 2.13. The lowest BCUT2D eigenvalue weighted by Gasteiger charge is -2.39. The smallest absolute Gasteiger partial charge is 0.225 e. The molecule has 2 rings (SSSR count). The molecule has 1 saturated carbocycles. The standard InChI is InChI=1S/C11H19NO2/c1-8-2-4-9(5-3-8)11(14)12-6-10(13)7-12/h8-10,13H,2-7H2,1H3. The van der Waals surface area contributed by atoms with Crippen LogP contribution in [0.4, 0.5) is 0 Å². The minimum atomic E-state index is -0.263. The van der Waals surface area contributed by atoms with Gasteiger partial charge in [0.25, 0.3) is 0 Å². The number of carbonyl (C=O) groups excluding carboxylic acids is 1. The van der Waals surface area contributed by atoms with E-state index in [1.54, 1.807) is 4.90 Å². The monoisotopic (exact) mass is 197 g/mol. The van der Waals surface area contributed by atoms with Crippen molar-refractivity contribution in [3.63, 3.8) is 0 Å². The van der Waals surface area contributed by atoms with Crippen molar-refractivity contribution < 1.29 is 9.90 Å². The predicted octanol–water partition coefficient (Wildman–Crippen LogP) is 1.02. The van der Waals surface area contributed by atoms with Gasteiger partial charge in [-0.05, 0) is 31.6 Å². The lowest BCUT2D eigenvalue weighted by Crippen LogP contribution is -2.55. The highest BCUT2D eigenvalue weighted by atomic mass is 16.3. The van der Waals surface area contributed by atoms with Crippen molar-refractivity contribution in [1.82, 2.24) is 4.90 Å². The third kappa shape index (κ3) is 1.92. The number of rotatable bonds is 1. The van der Waals surface area contributed by atoms with Gasteiger partial charge >= 0.3 is 0 Å². The zero-order valence-electron chi connectivity index (χ0n) is 8.78. The number of amides is 1. The molecule has 1 saturated heterocycles. The topological polar surface area (TPSA) is 40.5 Å². The number of β-amino-alcohol motifs (C(OH)–C–C–N with tert-alkyl or cyclic N) is 1. The third-order valence-corrected chi connectivity index (χ3v) is 3.54. The molecule has 0 spiro atoms. The Bertz CT molecular complexity index is 215. The maximum absolute atomic E-state index is 11.8. The Morgan fingerprint density at radius 3 is 2.29 bits per heavy atom. The van der Waals surface area contributed by atoms with E-state index in [4.69, 9.17) is 5.11 Å². The second-order valence-corrected chi connectivity index (χ2v) is 4.85. The van der Waals surface area contributed by atoms with Crippen molar-refractivity contribution in [1.29, 1.82) is 0 Å². The van der Waals surface area contributed by atoms with Crippen LogP contribution in [0.5, 0.6) is 0 Å². The van der Waals surface area contributed by atoms with Crippen molar-refractivity contribution in [3.05, 3.63) is 0 Å². The summed E-state index contributed by atoms with van der Waals surface area (Å²) in [7, 11) is 0. The van der Waals surface area contributed by atoms with Crippen LogP contribution >= 0.6 is 0 Å². The molecule has 0 unspecified atom stereocenters. The molecular formula is C11H19NO2. The summed E-state index contributed by atoms with van der Waals surface area (Å²) in [6.07, 6.45) is 4.21. The van der Waals surface area contributed by atoms with Gasteiger partial charge in [0.1, 0.15) is 0 Å². The van der Waals surface area contributed by atoms with Gasteiger partial charge < -0.3 is 10.0 Å². The van der Waals surface area contributed by atoms with Gasteiger partial charge in [-0.2, -0.15) is 0 Å². The van der Waals surface area contributed by atoms with Crippen LogP contribution in [-0.2, 0) is 4.79 Å². The summed E-state index contributed by atoms with van der Waals surface area (Å²) in [5.74, 6) is 1.32. The van der Waals surface area contributed by atoms with Gasteiger partial charge in [-0.15, -0.1) is 0 Å². The molecule has 2 fully saturated rings. The second kappa shape index (κ2) is 3.89. The molecule has 0 atom stereocenters. The zero-order valence-corrected chi connectivity index (χ0v) is 8.78. The molecule has 3 heteroatoms. The SMILES string of the molecule is CC1CCC(C(=O)N2CC(O)C2)CC1. The van der Waals surface area contributed by atoms with Crippen molar-refractivity contribution >= 4 is 5.91 Å². The second-order valence-electron chi connectivity index (χ2n) is 4.85. The van der Waals surface area contributed by atoms with Crippen LogP contribution in [0.25, 0.3) is 0 Å². The maximum atomic E-state index is 11.8. The van der Waals surface area contributed by atoms with Crippen LogP contribution in [0.15, 0.2) is 0 Å². The van der Waals surface area contributed by atoms with Crippen LogP contribution in [0, 0.1) is 11.8 Å². The first kappa shape index (κ1) is 9.97. The predicted molar refractivity (Wildman–Crippen MR) is 53.7 cm³/mol. The Hall–Kier alpha value is -0.570. The molecule has 80 valence electrons. The Labute approximate surface area is 85.1 Å². The van der Waals surface area contributed by atoms with E-state index in [0.717, 1.165) is 18.8 Å². The van der Waals surface area contributed by atoms with Gasteiger partial charge in [0.2, 0.25) is 5.91 Å². The van der Waals surface area contributed by atoms with Gasteiger partial charge in [0, 0.05) is 19.0 Å². The fourth-order valence-electron chi connectivity index (χ4n) is 2.40. The van der Waals surface area contributed by atoms with Crippen molar-refractivity contribution in [3.8, 4) is 0 Å².